The van der Waals surface area contributed by atoms with Crippen molar-refractivity contribution in [3.05, 3.63) is 41.6 Å². The maximum Gasteiger partial charge on any atom is 0.256 e. The molecule has 0 aliphatic rings. The number of carbonyl (C=O) groups excluding carboxylic acids is 1. The number of rotatable bonds is 5. The molecule has 0 saturated carbocycles. The zero-order valence-electron chi connectivity index (χ0n) is 11.9. The predicted molar refractivity (Wildman–Crippen MR) is 78.1 cm³/mol. The van der Waals surface area contributed by atoms with E-state index in [2.05, 4.69) is 29.4 Å². The number of aromatic nitrogens is 2. The van der Waals surface area contributed by atoms with Crippen LogP contribution in [0.1, 0.15) is 29.8 Å². The third-order valence-corrected chi connectivity index (χ3v) is 2.75. The highest BCUT2D eigenvalue weighted by molar-refractivity contribution is 6.04. The highest BCUT2D eigenvalue weighted by Crippen LogP contribution is 2.16. The molecule has 0 aliphatic carbocycles. The fourth-order valence-corrected chi connectivity index (χ4v) is 1.65. The number of anilines is 1. The van der Waals surface area contributed by atoms with Crippen molar-refractivity contribution < 1.29 is 9.53 Å². The number of nitrogens with one attached hydrogen (secondary N) is 2. The molecule has 0 radical (unpaired) electrons. The minimum absolute atomic E-state index is 0.188. The van der Waals surface area contributed by atoms with E-state index in [0.717, 1.165) is 5.56 Å². The van der Waals surface area contributed by atoms with Crippen molar-refractivity contribution in [2.45, 2.75) is 20.8 Å². The molecule has 5 nitrogen and oxygen atoms in total. The summed E-state index contributed by atoms with van der Waals surface area (Å²) in [5, 5.41) is 9.40. The van der Waals surface area contributed by atoms with Crippen LogP contribution in [0, 0.1) is 12.8 Å². The second-order valence-corrected chi connectivity index (χ2v) is 5.11. The van der Waals surface area contributed by atoms with E-state index in [4.69, 9.17) is 4.74 Å². The molecule has 2 rings (SSSR count). The Hall–Kier alpha value is -2.30. The minimum Gasteiger partial charge on any atom is -0.493 e. The number of H-pyrrole nitrogens is 1. The Morgan fingerprint density at radius 1 is 1.45 bits per heavy atom. The molecule has 0 unspecified atom stereocenters. The molecule has 1 amide bonds. The Labute approximate surface area is 118 Å². The Balaban J connectivity index is 2.06. The zero-order chi connectivity index (χ0) is 14.5. The molecule has 0 saturated heterocycles. The summed E-state index contributed by atoms with van der Waals surface area (Å²) in [6, 6.07) is 7.15. The summed E-state index contributed by atoms with van der Waals surface area (Å²) in [6.45, 7) is 6.67. The van der Waals surface area contributed by atoms with Crippen molar-refractivity contribution in [1.82, 2.24) is 10.2 Å². The lowest BCUT2D eigenvalue weighted by molar-refractivity contribution is 0.102. The number of ether oxygens (including phenoxy) is 1. The first-order valence-electron chi connectivity index (χ1n) is 6.60. The van der Waals surface area contributed by atoms with E-state index in [-0.39, 0.29) is 5.91 Å². The minimum atomic E-state index is -0.188. The smallest absolute Gasteiger partial charge is 0.256 e. The monoisotopic (exact) mass is 273 g/mol. The first-order chi connectivity index (χ1) is 9.56. The summed E-state index contributed by atoms with van der Waals surface area (Å²) in [5.74, 6) is 1.57. The molecule has 20 heavy (non-hydrogen) atoms. The first-order valence-corrected chi connectivity index (χ1v) is 6.60. The van der Waals surface area contributed by atoms with Crippen LogP contribution in [0.25, 0.3) is 0 Å². The van der Waals surface area contributed by atoms with Crippen LogP contribution in [0.2, 0.25) is 0 Å². The number of amides is 1. The molecule has 0 spiro atoms. The number of aryl methyl sites for hydroxylation is 1. The van der Waals surface area contributed by atoms with E-state index in [0.29, 0.717) is 29.7 Å². The molecule has 2 aromatic rings. The number of aromatic amines is 1. The summed E-state index contributed by atoms with van der Waals surface area (Å²) in [5.41, 5.74) is 1.45. The highest BCUT2D eigenvalue weighted by Gasteiger charge is 2.10. The number of carbonyl (C=O) groups is 1. The molecule has 0 aliphatic heterocycles. The van der Waals surface area contributed by atoms with Crippen LogP contribution in [-0.2, 0) is 0 Å². The molecule has 1 aromatic heterocycles. The Morgan fingerprint density at radius 3 is 2.90 bits per heavy atom. The predicted octanol–water partition coefficient (Wildman–Crippen LogP) is 3.01. The van der Waals surface area contributed by atoms with Crippen molar-refractivity contribution in [3.8, 4) is 5.75 Å². The lowest BCUT2D eigenvalue weighted by atomic mass is 10.2. The maximum atomic E-state index is 12.1. The average Bonchev–Trinajstić information content (AvgIpc) is 2.82. The molecule has 0 fully saturated rings. The summed E-state index contributed by atoms with van der Waals surface area (Å²) < 4.78 is 5.62. The Bertz CT molecular complexity index is 590. The lowest BCUT2D eigenvalue weighted by Crippen LogP contribution is -2.13. The number of hydrogen-bond acceptors (Lipinski definition) is 3. The molecule has 0 atom stereocenters. The van der Waals surface area contributed by atoms with Gasteiger partial charge in [-0.15, -0.1) is 0 Å². The fourth-order valence-electron chi connectivity index (χ4n) is 1.65. The van der Waals surface area contributed by atoms with Gasteiger partial charge in [0.25, 0.3) is 5.91 Å². The van der Waals surface area contributed by atoms with E-state index in [9.17, 15) is 4.79 Å². The van der Waals surface area contributed by atoms with Gasteiger partial charge in [-0.2, -0.15) is 5.10 Å². The largest absolute Gasteiger partial charge is 0.493 e. The summed E-state index contributed by atoms with van der Waals surface area (Å²) in [4.78, 5) is 12.1. The molecule has 106 valence electrons. The summed E-state index contributed by atoms with van der Waals surface area (Å²) in [6.07, 6.45) is 1.66. The van der Waals surface area contributed by atoms with Gasteiger partial charge in [0.2, 0.25) is 0 Å². The zero-order valence-corrected chi connectivity index (χ0v) is 11.9. The summed E-state index contributed by atoms with van der Waals surface area (Å²) in [7, 11) is 0. The van der Waals surface area contributed by atoms with E-state index < -0.39 is 0 Å². The van der Waals surface area contributed by atoms with E-state index >= 15 is 0 Å². The highest BCUT2D eigenvalue weighted by atomic mass is 16.5. The van der Waals surface area contributed by atoms with Crippen molar-refractivity contribution in [1.29, 1.82) is 0 Å². The molecular formula is C15H19N3O2. The number of hydrogen-bond donors (Lipinski definition) is 2. The van der Waals surface area contributed by atoms with Crippen LogP contribution < -0.4 is 10.1 Å². The van der Waals surface area contributed by atoms with Gasteiger partial charge in [0.15, 0.2) is 0 Å². The van der Waals surface area contributed by atoms with Gasteiger partial charge < -0.3 is 10.1 Å². The number of nitrogens with zero attached hydrogens (tertiary/aromatic N) is 1. The second kappa shape index (κ2) is 6.23. The fraction of sp³-hybridized carbons (Fsp3) is 0.333. The van der Waals surface area contributed by atoms with Crippen molar-refractivity contribution in [3.63, 3.8) is 0 Å². The average molecular weight is 273 g/mol. The quantitative estimate of drug-likeness (QED) is 0.880. The van der Waals surface area contributed by atoms with E-state index in [1.165, 1.54) is 0 Å². The van der Waals surface area contributed by atoms with Gasteiger partial charge in [-0.3, -0.25) is 9.89 Å². The van der Waals surface area contributed by atoms with Crippen molar-refractivity contribution in [2.75, 3.05) is 11.9 Å². The van der Waals surface area contributed by atoms with Gasteiger partial charge in [0, 0.05) is 11.1 Å². The van der Waals surface area contributed by atoms with Crippen molar-refractivity contribution in [2.24, 2.45) is 5.92 Å². The molecular weight excluding hydrogens is 254 g/mol. The van der Waals surface area contributed by atoms with Crippen LogP contribution in [0.3, 0.4) is 0 Å². The van der Waals surface area contributed by atoms with E-state index in [1.807, 2.05) is 19.1 Å². The van der Waals surface area contributed by atoms with Crippen LogP contribution in [0.15, 0.2) is 30.5 Å². The van der Waals surface area contributed by atoms with Crippen LogP contribution in [0.5, 0.6) is 5.75 Å². The number of benzene rings is 1. The topological polar surface area (TPSA) is 67.0 Å². The standard InChI is InChI=1S/C15H19N3O2/c1-10(2)9-20-13-6-4-5-12(7-13)15(19)17-14-11(3)8-16-18-14/h4-8,10H,9H2,1-3H3,(H2,16,17,18,19). The SMILES string of the molecule is Cc1cn[nH]c1NC(=O)c1cccc(OCC(C)C)c1. The van der Waals surface area contributed by atoms with Crippen molar-refractivity contribution >= 4 is 11.7 Å². The normalized spacial score (nSPS) is 10.6. The third kappa shape index (κ3) is 3.60. The van der Waals surface area contributed by atoms with Gasteiger partial charge in [-0.1, -0.05) is 19.9 Å². The van der Waals surface area contributed by atoms with Gasteiger partial charge in [-0.25, -0.2) is 0 Å². The van der Waals surface area contributed by atoms with Gasteiger partial charge in [0.05, 0.1) is 12.8 Å². The molecule has 1 aromatic carbocycles. The van der Waals surface area contributed by atoms with Crippen LogP contribution >= 0.6 is 0 Å². The van der Waals surface area contributed by atoms with E-state index in [1.54, 1.807) is 18.3 Å². The van der Waals surface area contributed by atoms with Gasteiger partial charge >= 0.3 is 0 Å². The Morgan fingerprint density at radius 2 is 2.25 bits per heavy atom. The molecule has 1 heterocycles. The Kier molecular flexibility index (Phi) is 4.40. The molecule has 2 N–H and O–H groups in total. The summed E-state index contributed by atoms with van der Waals surface area (Å²) >= 11 is 0. The lowest BCUT2D eigenvalue weighted by Gasteiger charge is -2.10. The maximum absolute atomic E-state index is 12.1. The second-order valence-electron chi connectivity index (χ2n) is 5.11. The van der Waals surface area contributed by atoms with Gasteiger partial charge in [-0.05, 0) is 31.0 Å². The van der Waals surface area contributed by atoms with Crippen LogP contribution in [0.4, 0.5) is 5.82 Å². The van der Waals surface area contributed by atoms with Crippen LogP contribution in [-0.4, -0.2) is 22.7 Å². The molecule has 5 heteroatoms. The third-order valence-electron chi connectivity index (χ3n) is 2.75. The van der Waals surface area contributed by atoms with Gasteiger partial charge in [0.1, 0.15) is 11.6 Å². The molecule has 0 bridgehead atoms. The first kappa shape index (κ1) is 14.1.